The van der Waals surface area contributed by atoms with Crippen LogP contribution in [0.4, 0.5) is 5.69 Å². The molecule has 0 bridgehead atoms. The molecular weight excluding hydrogens is 434 g/mol. The van der Waals surface area contributed by atoms with Crippen LogP contribution in [0.2, 0.25) is 0 Å². The summed E-state index contributed by atoms with van der Waals surface area (Å²) < 4.78 is 0. The molecule has 0 aromatic heterocycles. The minimum Gasteiger partial charge on any atom is -0.345 e. The monoisotopic (exact) mass is 467 g/mol. The number of carbonyl (C=O) groups excluding carboxylic acids is 4. The molecule has 0 aliphatic carbocycles. The predicted octanol–water partition coefficient (Wildman–Crippen LogP) is 1.79. The number of benzene rings is 1. The average Bonchev–Trinajstić information content (AvgIpc) is 3.28. The van der Waals surface area contributed by atoms with Crippen molar-refractivity contribution in [2.24, 2.45) is 5.41 Å². The molecule has 0 saturated carbocycles. The number of hydrogen-bond donors (Lipinski definition) is 2. The summed E-state index contributed by atoms with van der Waals surface area (Å²) in [6, 6.07) is 7.07. The number of fused-ring (bicyclic) bond motifs is 2. The molecule has 1 saturated heterocycles. The molecule has 1 spiro atoms. The van der Waals surface area contributed by atoms with Gasteiger partial charge >= 0.3 is 0 Å². The largest absolute Gasteiger partial charge is 0.345 e. The van der Waals surface area contributed by atoms with E-state index in [2.05, 4.69) is 16.7 Å². The summed E-state index contributed by atoms with van der Waals surface area (Å²) in [6.07, 6.45) is 0.547. The molecule has 182 valence electrons. The number of likely N-dealkylation sites (tertiary alicyclic amines) is 1. The smallest absolute Gasteiger partial charge is 0.246 e. The van der Waals surface area contributed by atoms with Crippen LogP contribution in [0, 0.1) is 16.7 Å². The Hall–Kier alpha value is -3.41. The fourth-order valence-electron chi connectivity index (χ4n) is 4.97. The van der Waals surface area contributed by atoms with Gasteiger partial charge in [0.05, 0.1) is 11.5 Å². The first-order chi connectivity index (χ1) is 15.8. The van der Waals surface area contributed by atoms with Crippen molar-refractivity contribution in [3.05, 3.63) is 29.8 Å². The molecule has 2 heterocycles. The number of nitrogens with zero attached hydrogens (tertiary/aromatic N) is 3. The minimum absolute atomic E-state index is 0.0663. The number of nitriles is 1. The summed E-state index contributed by atoms with van der Waals surface area (Å²) >= 11 is 0. The molecule has 0 unspecified atom stereocenters. The second-order valence-corrected chi connectivity index (χ2v) is 10.5. The highest BCUT2D eigenvalue weighted by Gasteiger charge is 2.56. The van der Waals surface area contributed by atoms with E-state index in [0.717, 1.165) is 5.56 Å². The maximum Gasteiger partial charge on any atom is 0.246 e. The molecule has 0 radical (unpaired) electrons. The van der Waals surface area contributed by atoms with Crippen LogP contribution >= 0.6 is 0 Å². The lowest BCUT2D eigenvalue weighted by Crippen LogP contribution is -2.56. The van der Waals surface area contributed by atoms with Gasteiger partial charge in [-0.05, 0) is 30.4 Å². The zero-order valence-electron chi connectivity index (χ0n) is 20.6. The number of anilines is 1. The Labute approximate surface area is 200 Å². The summed E-state index contributed by atoms with van der Waals surface area (Å²) in [5.41, 5.74) is 0.182. The number of likely N-dealkylation sites (N-methyl/N-ethyl adjacent to an activating group) is 1. The van der Waals surface area contributed by atoms with Gasteiger partial charge < -0.3 is 20.4 Å². The normalized spacial score (nSPS) is 23.0. The van der Waals surface area contributed by atoms with Crippen LogP contribution in [0.1, 0.15) is 53.0 Å². The number of para-hydroxylation sites is 1. The van der Waals surface area contributed by atoms with Crippen LogP contribution in [-0.2, 0) is 24.6 Å². The van der Waals surface area contributed by atoms with E-state index in [0.29, 0.717) is 12.1 Å². The molecule has 34 heavy (non-hydrogen) atoms. The molecule has 2 aliphatic rings. The van der Waals surface area contributed by atoms with Gasteiger partial charge in [0.25, 0.3) is 0 Å². The fourth-order valence-corrected chi connectivity index (χ4v) is 4.97. The molecule has 2 aliphatic heterocycles. The van der Waals surface area contributed by atoms with Crippen molar-refractivity contribution in [3.63, 3.8) is 0 Å². The van der Waals surface area contributed by atoms with Gasteiger partial charge in [0.15, 0.2) is 0 Å². The Balaban J connectivity index is 1.94. The first-order valence-electron chi connectivity index (χ1n) is 11.5. The number of nitrogens with one attached hydrogen (secondary N) is 2. The van der Waals surface area contributed by atoms with Crippen molar-refractivity contribution >= 4 is 29.3 Å². The molecule has 1 aromatic rings. The zero-order valence-corrected chi connectivity index (χ0v) is 20.6. The molecule has 9 heteroatoms. The summed E-state index contributed by atoms with van der Waals surface area (Å²) in [6.45, 7) is 8.87. The Morgan fingerprint density at radius 1 is 1.32 bits per heavy atom. The lowest BCUT2D eigenvalue weighted by molar-refractivity contribution is -0.147. The van der Waals surface area contributed by atoms with Crippen LogP contribution < -0.4 is 10.6 Å². The van der Waals surface area contributed by atoms with Crippen molar-refractivity contribution in [2.45, 2.75) is 71.0 Å². The maximum absolute atomic E-state index is 13.9. The number of amides is 4. The first kappa shape index (κ1) is 25.2. The third-order valence-electron chi connectivity index (χ3n) is 6.61. The summed E-state index contributed by atoms with van der Waals surface area (Å²) in [7, 11) is 1.54. The summed E-state index contributed by atoms with van der Waals surface area (Å²) in [4.78, 5) is 54.3. The minimum atomic E-state index is -0.995. The molecular formula is C25H33N5O4. The highest BCUT2D eigenvalue weighted by Crippen LogP contribution is 2.46. The lowest BCUT2D eigenvalue weighted by Gasteiger charge is -2.36. The van der Waals surface area contributed by atoms with Crippen molar-refractivity contribution in [3.8, 4) is 6.07 Å². The van der Waals surface area contributed by atoms with E-state index in [4.69, 9.17) is 0 Å². The maximum atomic E-state index is 13.9. The standard InChI is InChI=1S/C25H33N5O4/c1-15(27-16(2)31)21(32)29(6)20(12-24(3,4)5)22(33)30-14-25(11-17(30)13-26)18-9-7-8-10-19(18)28-23(25)34/h7-10,15,17,20H,11-12,14H2,1-6H3,(H,27,31)(H,28,34)/t15-,17-,20-,25-/m0/s1. The third kappa shape index (κ3) is 4.63. The van der Waals surface area contributed by atoms with Crippen LogP contribution in [0.5, 0.6) is 0 Å². The van der Waals surface area contributed by atoms with Gasteiger partial charge in [-0.2, -0.15) is 5.26 Å². The predicted molar refractivity (Wildman–Crippen MR) is 126 cm³/mol. The van der Waals surface area contributed by atoms with Crippen molar-refractivity contribution in [1.29, 1.82) is 5.26 Å². The molecule has 2 N–H and O–H groups in total. The van der Waals surface area contributed by atoms with E-state index in [1.54, 1.807) is 14.0 Å². The second kappa shape index (κ2) is 9.09. The number of hydrogen-bond acceptors (Lipinski definition) is 5. The lowest BCUT2D eigenvalue weighted by atomic mass is 9.80. The van der Waals surface area contributed by atoms with Crippen LogP contribution in [-0.4, -0.2) is 65.1 Å². The zero-order chi connectivity index (χ0) is 25.4. The Morgan fingerprint density at radius 3 is 2.56 bits per heavy atom. The van der Waals surface area contributed by atoms with Crippen LogP contribution in [0.3, 0.4) is 0 Å². The van der Waals surface area contributed by atoms with Gasteiger partial charge in [0.1, 0.15) is 18.1 Å². The van der Waals surface area contributed by atoms with Gasteiger partial charge in [-0.1, -0.05) is 39.0 Å². The van der Waals surface area contributed by atoms with Crippen LogP contribution in [0.25, 0.3) is 0 Å². The molecule has 1 aromatic carbocycles. The van der Waals surface area contributed by atoms with E-state index in [1.807, 2.05) is 45.0 Å². The van der Waals surface area contributed by atoms with E-state index in [9.17, 15) is 24.4 Å². The van der Waals surface area contributed by atoms with Gasteiger partial charge in [-0.25, -0.2) is 0 Å². The molecule has 3 rings (SSSR count). The number of carbonyl (C=O) groups is 4. The van der Waals surface area contributed by atoms with Gasteiger partial charge in [-0.15, -0.1) is 0 Å². The Morgan fingerprint density at radius 2 is 1.97 bits per heavy atom. The first-order valence-corrected chi connectivity index (χ1v) is 11.5. The van der Waals surface area contributed by atoms with Crippen molar-refractivity contribution in [1.82, 2.24) is 15.1 Å². The summed E-state index contributed by atoms with van der Waals surface area (Å²) in [5.74, 6) is -1.34. The van der Waals surface area contributed by atoms with Gasteiger partial charge in [-0.3, -0.25) is 19.2 Å². The van der Waals surface area contributed by atoms with E-state index in [1.165, 1.54) is 16.7 Å². The molecule has 4 amide bonds. The molecule has 9 nitrogen and oxygen atoms in total. The van der Waals surface area contributed by atoms with Crippen molar-refractivity contribution < 1.29 is 19.2 Å². The van der Waals surface area contributed by atoms with Crippen LogP contribution in [0.15, 0.2) is 24.3 Å². The van der Waals surface area contributed by atoms with E-state index >= 15 is 0 Å². The van der Waals surface area contributed by atoms with E-state index in [-0.39, 0.29) is 36.1 Å². The topological polar surface area (TPSA) is 123 Å². The highest BCUT2D eigenvalue weighted by atomic mass is 16.2. The average molecular weight is 468 g/mol. The number of rotatable bonds is 5. The second-order valence-electron chi connectivity index (χ2n) is 10.5. The van der Waals surface area contributed by atoms with Gasteiger partial charge in [0.2, 0.25) is 23.6 Å². The Bertz CT molecular complexity index is 1060. The Kier molecular flexibility index (Phi) is 6.74. The quantitative estimate of drug-likeness (QED) is 0.684. The SMILES string of the molecule is CC(=O)N[C@@H](C)C(=O)N(C)[C@@H](CC(C)(C)C)C(=O)N1C[C@]2(C[C@H]1C#N)C(=O)Nc1ccccc12. The fraction of sp³-hybridized carbons (Fsp3) is 0.560. The van der Waals surface area contributed by atoms with Crippen molar-refractivity contribution in [2.75, 3.05) is 18.9 Å². The van der Waals surface area contributed by atoms with Gasteiger partial charge in [0, 0.05) is 32.6 Å². The highest BCUT2D eigenvalue weighted by molar-refractivity contribution is 6.07. The molecule has 1 fully saturated rings. The molecule has 4 atom stereocenters. The van der Waals surface area contributed by atoms with E-state index < -0.39 is 29.4 Å². The third-order valence-corrected chi connectivity index (χ3v) is 6.61. The summed E-state index contributed by atoms with van der Waals surface area (Å²) in [5, 5.41) is 15.4.